The van der Waals surface area contributed by atoms with E-state index in [1.807, 2.05) is 29.6 Å². The van der Waals surface area contributed by atoms with Gasteiger partial charge in [-0.15, -0.1) is 11.3 Å². The van der Waals surface area contributed by atoms with Crippen LogP contribution >= 0.6 is 33.9 Å². The van der Waals surface area contributed by atoms with Crippen LogP contribution in [0.3, 0.4) is 0 Å². The number of halogens is 1. The van der Waals surface area contributed by atoms with E-state index in [1.165, 1.54) is 11.1 Å². The molecule has 1 aromatic heterocycles. The summed E-state index contributed by atoms with van der Waals surface area (Å²) in [6, 6.07) is 8.02. The zero-order valence-corrected chi connectivity index (χ0v) is 13.8. The predicted octanol–water partition coefficient (Wildman–Crippen LogP) is 3.74. The topological polar surface area (TPSA) is 55.1 Å². The Kier molecular flexibility index (Phi) is 3.98. The number of carbonyl (C=O) groups is 1. The highest BCUT2D eigenvalue weighted by molar-refractivity contribution is 14.1. The Morgan fingerprint density at radius 1 is 1.40 bits per heavy atom. The second-order valence-electron chi connectivity index (χ2n) is 5.02. The molecule has 1 atom stereocenters. The molecule has 1 unspecified atom stereocenters. The Labute approximate surface area is 135 Å². The fraction of sp³-hybridized carbons (Fsp3) is 0.267. The Balaban J connectivity index is 1.81. The molecule has 1 aliphatic carbocycles. The van der Waals surface area contributed by atoms with E-state index in [0.717, 1.165) is 33.4 Å². The predicted molar refractivity (Wildman–Crippen MR) is 91.0 cm³/mol. The van der Waals surface area contributed by atoms with E-state index < -0.39 is 0 Å². The summed E-state index contributed by atoms with van der Waals surface area (Å²) in [6.07, 6.45) is 3.12. The summed E-state index contributed by atoms with van der Waals surface area (Å²) in [5.41, 5.74) is 9.86. The monoisotopic (exact) mass is 398 g/mol. The van der Waals surface area contributed by atoms with Crippen LogP contribution in [0.15, 0.2) is 29.6 Å². The van der Waals surface area contributed by atoms with Crippen LogP contribution in [-0.4, -0.2) is 5.91 Å². The number of hydrogen-bond donors (Lipinski definition) is 2. The van der Waals surface area contributed by atoms with Gasteiger partial charge in [0.05, 0.1) is 14.5 Å². The van der Waals surface area contributed by atoms with Gasteiger partial charge < -0.3 is 11.1 Å². The van der Waals surface area contributed by atoms with Crippen LogP contribution < -0.4 is 11.1 Å². The van der Waals surface area contributed by atoms with E-state index in [9.17, 15) is 4.79 Å². The van der Waals surface area contributed by atoms with Gasteiger partial charge in [0, 0.05) is 11.1 Å². The average Bonchev–Trinajstić information content (AvgIpc) is 2.85. The molecule has 0 fully saturated rings. The van der Waals surface area contributed by atoms with Crippen molar-refractivity contribution in [3.8, 4) is 0 Å². The van der Waals surface area contributed by atoms with Crippen molar-refractivity contribution in [3.63, 3.8) is 0 Å². The third-order valence-electron chi connectivity index (χ3n) is 3.62. The number of fused-ring (bicyclic) bond motifs is 1. The first-order valence-corrected chi connectivity index (χ1v) is 8.52. The van der Waals surface area contributed by atoms with Crippen molar-refractivity contribution in [3.05, 3.63) is 49.2 Å². The molecule has 0 saturated carbocycles. The van der Waals surface area contributed by atoms with Crippen LogP contribution in [0.5, 0.6) is 0 Å². The van der Waals surface area contributed by atoms with Crippen molar-refractivity contribution in [1.29, 1.82) is 0 Å². The largest absolute Gasteiger partial charge is 0.399 e. The van der Waals surface area contributed by atoms with Crippen molar-refractivity contribution in [2.45, 2.75) is 25.3 Å². The van der Waals surface area contributed by atoms with Gasteiger partial charge in [-0.25, -0.2) is 0 Å². The number of thiophene rings is 1. The van der Waals surface area contributed by atoms with E-state index in [2.05, 4.69) is 27.9 Å². The maximum Gasteiger partial charge on any atom is 0.252 e. The van der Waals surface area contributed by atoms with E-state index >= 15 is 0 Å². The number of carbonyl (C=O) groups excluding carboxylic acids is 1. The summed E-state index contributed by atoms with van der Waals surface area (Å²) in [4.78, 5) is 12.3. The fourth-order valence-electron chi connectivity index (χ4n) is 2.65. The summed E-state index contributed by atoms with van der Waals surface area (Å²) >= 11 is 3.82. The molecule has 1 heterocycles. The highest BCUT2D eigenvalue weighted by Gasteiger charge is 2.22. The van der Waals surface area contributed by atoms with Crippen LogP contribution in [-0.2, 0) is 6.42 Å². The summed E-state index contributed by atoms with van der Waals surface area (Å²) in [7, 11) is 0. The lowest BCUT2D eigenvalue weighted by Gasteiger charge is -2.26. The fourth-order valence-corrected chi connectivity index (χ4v) is 3.98. The zero-order valence-electron chi connectivity index (χ0n) is 10.9. The number of amides is 1. The number of anilines is 1. The lowest BCUT2D eigenvalue weighted by Crippen LogP contribution is -2.30. The van der Waals surface area contributed by atoms with Gasteiger partial charge in [-0.05, 0) is 71.2 Å². The smallest absolute Gasteiger partial charge is 0.252 e. The molecule has 3 N–H and O–H groups in total. The van der Waals surface area contributed by atoms with Crippen molar-refractivity contribution in [2.75, 3.05) is 5.73 Å². The minimum atomic E-state index is 0.0128. The first-order chi connectivity index (χ1) is 9.63. The summed E-state index contributed by atoms with van der Waals surface area (Å²) < 4.78 is 1.13. The van der Waals surface area contributed by atoms with E-state index in [1.54, 1.807) is 11.3 Å². The highest BCUT2D eigenvalue weighted by Crippen LogP contribution is 2.31. The zero-order chi connectivity index (χ0) is 14.1. The van der Waals surface area contributed by atoms with Gasteiger partial charge in [-0.3, -0.25) is 4.79 Å². The lowest BCUT2D eigenvalue weighted by atomic mass is 9.87. The van der Waals surface area contributed by atoms with Gasteiger partial charge in [0.2, 0.25) is 0 Å². The minimum absolute atomic E-state index is 0.0128. The molecule has 3 nitrogen and oxygen atoms in total. The molecule has 1 aliphatic rings. The van der Waals surface area contributed by atoms with Crippen LogP contribution in [0.1, 0.15) is 40.4 Å². The molecule has 3 rings (SSSR count). The van der Waals surface area contributed by atoms with Crippen LogP contribution in [0.2, 0.25) is 0 Å². The molecule has 1 aromatic carbocycles. The number of nitrogens with one attached hydrogen (secondary N) is 1. The molecular weight excluding hydrogens is 383 g/mol. The average molecular weight is 398 g/mol. The van der Waals surface area contributed by atoms with Crippen LogP contribution in [0.4, 0.5) is 5.69 Å². The Morgan fingerprint density at radius 3 is 3.00 bits per heavy atom. The Bertz CT molecular complexity index is 653. The molecule has 104 valence electrons. The number of hydrogen-bond acceptors (Lipinski definition) is 3. The number of nitrogen functional groups attached to an aromatic ring is 1. The quantitative estimate of drug-likeness (QED) is 0.598. The normalized spacial score (nSPS) is 17.6. The summed E-state index contributed by atoms with van der Waals surface area (Å²) in [5, 5.41) is 5.05. The number of aryl methyl sites for hydroxylation is 1. The first kappa shape index (κ1) is 13.9. The van der Waals surface area contributed by atoms with Gasteiger partial charge in [-0.1, -0.05) is 6.07 Å². The van der Waals surface area contributed by atoms with Crippen molar-refractivity contribution < 1.29 is 4.79 Å². The first-order valence-electron chi connectivity index (χ1n) is 6.56. The second kappa shape index (κ2) is 5.73. The summed E-state index contributed by atoms with van der Waals surface area (Å²) in [6.45, 7) is 0. The molecule has 0 aliphatic heterocycles. The molecule has 0 bridgehead atoms. The van der Waals surface area contributed by atoms with Crippen molar-refractivity contribution in [1.82, 2.24) is 5.32 Å². The maximum absolute atomic E-state index is 12.3. The molecule has 2 aromatic rings. The molecule has 5 heteroatoms. The number of nitrogens with two attached hydrogens (primary N) is 1. The number of rotatable bonds is 2. The van der Waals surface area contributed by atoms with E-state index in [-0.39, 0.29) is 11.9 Å². The third-order valence-corrected chi connectivity index (χ3v) is 5.41. The van der Waals surface area contributed by atoms with Crippen molar-refractivity contribution in [2.24, 2.45) is 0 Å². The highest BCUT2D eigenvalue weighted by atomic mass is 127. The standard InChI is InChI=1S/C15H15IN2OS/c16-14-7-10(8-20-14)15(19)18-13-3-1-2-9-6-11(17)4-5-12(9)13/h4-8,13H,1-3,17H2,(H,18,19). The van der Waals surface area contributed by atoms with E-state index in [0.29, 0.717) is 0 Å². The molecule has 0 saturated heterocycles. The molecule has 20 heavy (non-hydrogen) atoms. The molecule has 0 radical (unpaired) electrons. The third kappa shape index (κ3) is 2.83. The van der Waals surface area contributed by atoms with Gasteiger partial charge in [-0.2, -0.15) is 0 Å². The Morgan fingerprint density at radius 2 is 2.25 bits per heavy atom. The Hall–Kier alpha value is -1.08. The SMILES string of the molecule is Nc1ccc2c(c1)CCCC2NC(=O)c1csc(I)c1. The molecule has 1 amide bonds. The van der Waals surface area contributed by atoms with Crippen molar-refractivity contribution >= 4 is 45.5 Å². The van der Waals surface area contributed by atoms with Crippen LogP contribution in [0.25, 0.3) is 0 Å². The van der Waals surface area contributed by atoms with Crippen LogP contribution in [0, 0.1) is 2.88 Å². The molecular formula is C15H15IN2OS. The summed E-state index contributed by atoms with van der Waals surface area (Å²) in [5.74, 6) is 0.0128. The van der Waals surface area contributed by atoms with Gasteiger partial charge in [0.15, 0.2) is 0 Å². The molecule has 0 spiro atoms. The van der Waals surface area contributed by atoms with E-state index in [4.69, 9.17) is 5.73 Å². The van der Waals surface area contributed by atoms with Gasteiger partial charge in [0.1, 0.15) is 0 Å². The van der Waals surface area contributed by atoms with Gasteiger partial charge >= 0.3 is 0 Å². The second-order valence-corrected chi connectivity index (χ2v) is 7.82. The lowest BCUT2D eigenvalue weighted by molar-refractivity contribution is 0.0933. The maximum atomic E-state index is 12.3. The minimum Gasteiger partial charge on any atom is -0.399 e. The number of benzene rings is 1. The van der Waals surface area contributed by atoms with Gasteiger partial charge in [0.25, 0.3) is 5.91 Å².